The van der Waals surface area contributed by atoms with E-state index in [2.05, 4.69) is 0 Å². The number of benzene rings is 2. The van der Waals surface area contributed by atoms with E-state index >= 15 is 0 Å². The minimum atomic E-state index is -4.73. The van der Waals surface area contributed by atoms with E-state index in [9.17, 15) is 35.1 Å². The van der Waals surface area contributed by atoms with Gasteiger partial charge < -0.3 is 4.74 Å². The largest absolute Gasteiger partial charge is 0.364 e. The smallest absolute Gasteiger partial charge is 0.315 e. The lowest BCUT2D eigenvalue weighted by Gasteiger charge is -2.46. The Kier molecular flexibility index (Phi) is 9.78. The molecule has 0 N–H and O–H groups in total. The van der Waals surface area contributed by atoms with Crippen LogP contribution in [0.4, 0.5) is 35.1 Å². The van der Waals surface area contributed by atoms with Gasteiger partial charge in [0.15, 0.2) is 0 Å². The summed E-state index contributed by atoms with van der Waals surface area (Å²) in [4.78, 5) is 0. The highest BCUT2D eigenvalue weighted by Crippen LogP contribution is 2.57. The average Bonchev–Trinajstić information content (AvgIpc) is 2.77. The molecule has 2 rings (SSSR count). The molecule has 0 aliphatic rings. The molecule has 2 aromatic carbocycles. The lowest BCUT2D eigenvalue weighted by atomic mass is 9.74. The molecule has 208 valence electrons. The van der Waals surface area contributed by atoms with E-state index in [4.69, 9.17) is 51.1 Å². The molecule has 0 spiro atoms. The molecule has 0 aromatic heterocycles. The van der Waals surface area contributed by atoms with Crippen LogP contribution in [0.2, 0.25) is 20.1 Å². The molecule has 2 aromatic rings. The number of hydrogen-bond donors (Lipinski definition) is 0. The van der Waals surface area contributed by atoms with E-state index in [0.717, 1.165) is 52.0 Å². The van der Waals surface area contributed by atoms with Crippen LogP contribution in [0.25, 0.3) is 0 Å². The van der Waals surface area contributed by atoms with E-state index in [-0.39, 0.29) is 31.2 Å². The molecular weight excluding hydrogens is 598 g/mol. The van der Waals surface area contributed by atoms with Crippen LogP contribution in [0.1, 0.15) is 51.0 Å². The highest BCUT2D eigenvalue weighted by molar-refractivity contribution is 6.42. The van der Waals surface area contributed by atoms with E-state index in [1.165, 1.54) is 12.1 Å². The maximum atomic E-state index is 14.9. The molecule has 0 heterocycles. The zero-order valence-corrected chi connectivity index (χ0v) is 22.7. The highest BCUT2D eigenvalue weighted by atomic mass is 35.5. The Morgan fingerprint density at radius 3 is 1.11 bits per heavy atom. The Balaban J connectivity index is 2.85. The van der Waals surface area contributed by atoms with Crippen molar-refractivity contribution in [3.63, 3.8) is 0 Å². The van der Waals surface area contributed by atoms with E-state index in [0.29, 0.717) is 0 Å². The van der Waals surface area contributed by atoms with Gasteiger partial charge in [-0.1, -0.05) is 86.2 Å². The van der Waals surface area contributed by atoms with Crippen LogP contribution in [0, 0.1) is 10.8 Å². The van der Waals surface area contributed by atoms with Gasteiger partial charge in [-0.2, -0.15) is 17.6 Å². The molecule has 2 unspecified atom stereocenters. The van der Waals surface area contributed by atoms with Crippen molar-refractivity contribution < 1.29 is 39.9 Å². The second kappa shape index (κ2) is 11.2. The second-order valence-corrected chi connectivity index (χ2v) is 11.2. The average molecular weight is 620 g/mol. The summed E-state index contributed by atoms with van der Waals surface area (Å²) in [6.45, 7) is 2.93. The molecule has 0 aliphatic heterocycles. The predicted octanol–water partition coefficient (Wildman–Crippen LogP) is 11.0. The molecule has 0 aliphatic carbocycles. The Bertz CT molecular complexity index is 1020. The summed E-state index contributed by atoms with van der Waals surface area (Å²) in [5, 5.41) is -0.388. The summed E-state index contributed by atoms with van der Waals surface area (Å²) < 4.78 is 119. The molecule has 0 saturated heterocycles. The molecule has 1 nitrogen and oxygen atoms in total. The first-order chi connectivity index (χ1) is 16.7. The number of halogens is 12. The van der Waals surface area contributed by atoms with Gasteiger partial charge in [0.1, 0.15) is 0 Å². The first-order valence-corrected chi connectivity index (χ1v) is 12.1. The Morgan fingerprint density at radius 2 is 0.865 bits per heavy atom. The molecule has 0 radical (unpaired) electrons. The normalized spacial score (nSPS) is 15.4. The predicted molar refractivity (Wildman–Crippen MR) is 129 cm³/mol. The van der Waals surface area contributed by atoms with Gasteiger partial charge in [0.25, 0.3) is 0 Å². The SMILES string of the molecule is CC(C)(C(OC(c1ccc(Cl)c(Cl)c1)C(C)(C)C(F)(F)C(F)F)c1ccc(Cl)c(Cl)c1)C(F)(F)C(F)F. The van der Waals surface area contributed by atoms with Gasteiger partial charge in [-0.25, -0.2) is 17.6 Å². The van der Waals surface area contributed by atoms with E-state index in [1.807, 2.05) is 0 Å². The van der Waals surface area contributed by atoms with Gasteiger partial charge in [0.05, 0.1) is 43.1 Å². The third-order valence-electron chi connectivity index (χ3n) is 6.34. The lowest BCUT2D eigenvalue weighted by Crippen LogP contribution is -2.51. The van der Waals surface area contributed by atoms with Crippen LogP contribution >= 0.6 is 46.4 Å². The summed E-state index contributed by atoms with van der Waals surface area (Å²) in [5.74, 6) is -9.47. The summed E-state index contributed by atoms with van der Waals surface area (Å²) >= 11 is 23.8. The topological polar surface area (TPSA) is 9.23 Å². The third-order valence-corrected chi connectivity index (χ3v) is 7.82. The summed E-state index contributed by atoms with van der Waals surface area (Å²) in [6.07, 6.45) is -12.5. The van der Waals surface area contributed by atoms with Crippen LogP contribution in [0.5, 0.6) is 0 Å². The van der Waals surface area contributed by atoms with E-state index in [1.54, 1.807) is 0 Å². The van der Waals surface area contributed by atoms with Crippen molar-refractivity contribution in [2.24, 2.45) is 10.8 Å². The van der Waals surface area contributed by atoms with Crippen molar-refractivity contribution >= 4 is 46.4 Å². The van der Waals surface area contributed by atoms with Gasteiger partial charge in [-0.3, -0.25) is 0 Å². The molecule has 2 atom stereocenters. The van der Waals surface area contributed by atoms with Gasteiger partial charge in [0.2, 0.25) is 0 Å². The first-order valence-electron chi connectivity index (χ1n) is 10.6. The Labute approximate surface area is 229 Å². The van der Waals surface area contributed by atoms with Crippen molar-refractivity contribution in [3.8, 4) is 0 Å². The fourth-order valence-electron chi connectivity index (χ4n) is 3.73. The molecule has 13 heteroatoms. The van der Waals surface area contributed by atoms with Gasteiger partial charge in [-0.15, -0.1) is 0 Å². The maximum absolute atomic E-state index is 14.9. The zero-order chi connectivity index (χ0) is 28.7. The number of rotatable bonds is 10. The fraction of sp³-hybridized carbons (Fsp3) is 0.500. The first kappa shape index (κ1) is 32.2. The van der Waals surface area contributed by atoms with Crippen LogP contribution < -0.4 is 0 Å². The number of alkyl halides is 8. The maximum Gasteiger partial charge on any atom is 0.315 e. The van der Waals surface area contributed by atoms with Crippen molar-refractivity contribution in [1.82, 2.24) is 0 Å². The Morgan fingerprint density at radius 1 is 0.568 bits per heavy atom. The van der Waals surface area contributed by atoms with Crippen LogP contribution in [-0.2, 0) is 4.74 Å². The quantitative estimate of drug-likeness (QED) is 0.240. The molecule has 0 amide bonds. The van der Waals surface area contributed by atoms with Gasteiger partial charge in [-0.05, 0) is 35.4 Å². The zero-order valence-electron chi connectivity index (χ0n) is 19.7. The summed E-state index contributed by atoms with van der Waals surface area (Å²) in [6, 6.07) is 6.68. The minimum Gasteiger partial charge on any atom is -0.364 e. The van der Waals surface area contributed by atoms with Crippen LogP contribution in [0.15, 0.2) is 36.4 Å². The molecule has 0 bridgehead atoms. The second-order valence-electron chi connectivity index (χ2n) is 9.53. The fourth-order valence-corrected chi connectivity index (χ4v) is 4.34. The Hall–Kier alpha value is -1.00. The minimum absolute atomic E-state index is 0.0202. The standard InChI is InChI=1S/C24H22Cl4F8O/c1-21(2,23(33,34)19(29)30)17(11-5-7-13(25)15(27)9-11)37-18(12-6-8-14(26)16(28)10-12)22(3,4)24(35,36)20(31)32/h5-10,17-20H,1-4H3. The van der Waals surface area contributed by atoms with Crippen molar-refractivity contribution in [1.29, 1.82) is 0 Å². The van der Waals surface area contributed by atoms with Crippen molar-refractivity contribution in [2.45, 2.75) is 64.6 Å². The molecule has 0 saturated carbocycles. The lowest BCUT2D eigenvalue weighted by molar-refractivity contribution is -0.276. The van der Waals surface area contributed by atoms with Crippen molar-refractivity contribution in [2.75, 3.05) is 0 Å². The number of hydrogen-bond acceptors (Lipinski definition) is 1. The van der Waals surface area contributed by atoms with Crippen molar-refractivity contribution in [3.05, 3.63) is 67.6 Å². The van der Waals surface area contributed by atoms with Gasteiger partial charge >= 0.3 is 24.7 Å². The molecule has 0 fully saturated rings. The van der Waals surface area contributed by atoms with E-state index < -0.39 is 47.7 Å². The molecular formula is C24H22Cl4F8O. The third kappa shape index (κ3) is 6.11. The molecule has 37 heavy (non-hydrogen) atoms. The monoisotopic (exact) mass is 618 g/mol. The van der Waals surface area contributed by atoms with Crippen LogP contribution in [-0.4, -0.2) is 24.7 Å². The van der Waals surface area contributed by atoms with Crippen LogP contribution in [0.3, 0.4) is 0 Å². The summed E-state index contributed by atoms with van der Waals surface area (Å²) in [5.41, 5.74) is -6.05. The van der Waals surface area contributed by atoms with Gasteiger partial charge in [0, 0.05) is 0 Å². The summed E-state index contributed by atoms with van der Waals surface area (Å²) in [7, 11) is 0. The highest BCUT2D eigenvalue weighted by Gasteiger charge is 2.63. The number of ether oxygens (including phenoxy) is 1.